The Labute approximate surface area is 99.1 Å². The van der Waals surface area contributed by atoms with E-state index in [-0.39, 0.29) is 0 Å². The second-order valence-electron chi connectivity index (χ2n) is 3.83. The molecule has 2 N–H and O–H groups in total. The van der Waals surface area contributed by atoms with Gasteiger partial charge in [0.1, 0.15) is 0 Å². The van der Waals surface area contributed by atoms with E-state index >= 15 is 0 Å². The molecule has 0 aromatic carbocycles. The first kappa shape index (κ1) is 11.1. The van der Waals surface area contributed by atoms with Crippen LogP contribution in [0.1, 0.15) is 24.7 Å². The van der Waals surface area contributed by atoms with Crippen LogP contribution in [0.25, 0.3) is 10.4 Å². The van der Waals surface area contributed by atoms with Gasteiger partial charge in [-0.1, -0.05) is 18.3 Å². The third kappa shape index (κ3) is 1.82. The van der Waals surface area contributed by atoms with Gasteiger partial charge in [-0.3, -0.25) is 4.68 Å². The second kappa shape index (κ2) is 4.25. The molecule has 16 heavy (non-hydrogen) atoms. The Morgan fingerprint density at radius 1 is 1.44 bits per heavy atom. The molecule has 0 bridgehead atoms. The van der Waals surface area contributed by atoms with Crippen molar-refractivity contribution in [3.8, 4) is 10.4 Å². The van der Waals surface area contributed by atoms with Gasteiger partial charge in [-0.05, 0) is 20.3 Å². The molecule has 86 valence electrons. The number of nitrogens with zero attached hydrogens (tertiary/aromatic N) is 3. The summed E-state index contributed by atoms with van der Waals surface area (Å²) < 4.78 is 2.06. The molecule has 0 aliphatic heterocycles. The predicted molar refractivity (Wildman–Crippen MR) is 67.5 cm³/mol. The quantitative estimate of drug-likeness (QED) is 0.891. The normalized spacial score (nSPS) is 10.9. The highest BCUT2D eigenvalue weighted by atomic mass is 32.1. The third-order valence-corrected chi connectivity index (χ3v) is 3.43. The average Bonchev–Trinajstić information content (AvgIpc) is 2.74. The van der Waals surface area contributed by atoms with Gasteiger partial charge in [-0.15, -0.1) is 0 Å². The summed E-state index contributed by atoms with van der Waals surface area (Å²) in [6, 6.07) is 0. The summed E-state index contributed by atoms with van der Waals surface area (Å²) in [5, 5.41) is 5.15. The van der Waals surface area contributed by atoms with Gasteiger partial charge in [0.05, 0.1) is 10.6 Å². The maximum atomic E-state index is 5.66. The van der Waals surface area contributed by atoms with Crippen LogP contribution in [0.5, 0.6) is 0 Å². The van der Waals surface area contributed by atoms with Crippen LogP contribution in [0.15, 0.2) is 6.20 Å². The molecule has 0 fully saturated rings. The molecule has 4 nitrogen and oxygen atoms in total. The van der Waals surface area contributed by atoms with Crippen LogP contribution < -0.4 is 5.73 Å². The van der Waals surface area contributed by atoms with Gasteiger partial charge in [-0.25, -0.2) is 4.98 Å². The van der Waals surface area contributed by atoms with Gasteiger partial charge in [0.25, 0.3) is 0 Å². The minimum Gasteiger partial charge on any atom is -0.375 e. The molecule has 0 radical (unpaired) electrons. The van der Waals surface area contributed by atoms with Crippen LogP contribution in [0.2, 0.25) is 0 Å². The van der Waals surface area contributed by atoms with Gasteiger partial charge < -0.3 is 5.73 Å². The molecule has 0 saturated carbocycles. The zero-order chi connectivity index (χ0) is 11.7. The Morgan fingerprint density at radius 3 is 2.75 bits per heavy atom. The van der Waals surface area contributed by atoms with E-state index in [4.69, 9.17) is 5.73 Å². The van der Waals surface area contributed by atoms with Gasteiger partial charge in [0.2, 0.25) is 0 Å². The number of anilines is 1. The molecule has 0 unspecified atom stereocenters. The summed E-state index contributed by atoms with van der Waals surface area (Å²) in [5.74, 6) is 0. The molecule has 0 aliphatic rings. The third-order valence-electron chi connectivity index (χ3n) is 2.59. The maximum Gasteiger partial charge on any atom is 0.180 e. The molecule has 2 heterocycles. The second-order valence-corrected chi connectivity index (χ2v) is 4.89. The Kier molecular flexibility index (Phi) is 2.96. The van der Waals surface area contributed by atoms with E-state index in [1.54, 1.807) is 0 Å². The highest BCUT2D eigenvalue weighted by Crippen LogP contribution is 2.32. The summed E-state index contributed by atoms with van der Waals surface area (Å²) in [4.78, 5) is 5.20. The first-order chi connectivity index (χ1) is 7.63. The van der Waals surface area contributed by atoms with E-state index in [1.807, 2.05) is 13.1 Å². The van der Waals surface area contributed by atoms with Crippen molar-refractivity contribution in [2.24, 2.45) is 0 Å². The van der Waals surface area contributed by atoms with Crippen LogP contribution in [0.4, 0.5) is 5.13 Å². The van der Waals surface area contributed by atoms with Crippen LogP contribution in [-0.4, -0.2) is 14.8 Å². The molecule has 5 heteroatoms. The van der Waals surface area contributed by atoms with Crippen molar-refractivity contribution in [3.63, 3.8) is 0 Å². The zero-order valence-electron chi connectivity index (χ0n) is 9.82. The lowest BCUT2D eigenvalue weighted by Gasteiger charge is -2.01. The van der Waals surface area contributed by atoms with Crippen LogP contribution in [-0.2, 0) is 6.54 Å². The Balaban J connectivity index is 2.48. The summed E-state index contributed by atoms with van der Waals surface area (Å²) in [7, 11) is 0. The van der Waals surface area contributed by atoms with E-state index in [0.717, 1.165) is 23.5 Å². The lowest BCUT2D eigenvalue weighted by molar-refractivity contribution is 0.583. The molecule has 2 aromatic rings. The fourth-order valence-corrected chi connectivity index (χ4v) is 2.72. The molecular weight excluding hydrogens is 220 g/mol. The average molecular weight is 236 g/mol. The number of nitrogens with two attached hydrogens (primary N) is 1. The first-order valence-corrected chi connectivity index (χ1v) is 6.20. The van der Waals surface area contributed by atoms with Gasteiger partial charge >= 0.3 is 0 Å². The van der Waals surface area contributed by atoms with E-state index in [1.165, 1.54) is 22.6 Å². The zero-order valence-corrected chi connectivity index (χ0v) is 10.6. The minimum absolute atomic E-state index is 0.608. The van der Waals surface area contributed by atoms with Crippen molar-refractivity contribution in [3.05, 3.63) is 17.6 Å². The van der Waals surface area contributed by atoms with Crippen LogP contribution >= 0.6 is 11.3 Å². The number of hydrogen-bond donors (Lipinski definition) is 1. The highest BCUT2D eigenvalue weighted by Gasteiger charge is 2.14. The van der Waals surface area contributed by atoms with Crippen molar-refractivity contribution in [2.45, 2.75) is 33.7 Å². The largest absolute Gasteiger partial charge is 0.375 e. The number of thiazole rings is 1. The lowest BCUT2D eigenvalue weighted by atomic mass is 10.2. The Hall–Kier alpha value is -1.36. The number of nitrogen functional groups attached to an aromatic ring is 1. The fourth-order valence-electron chi connectivity index (χ4n) is 1.89. The smallest absolute Gasteiger partial charge is 0.180 e. The number of aromatic nitrogens is 3. The van der Waals surface area contributed by atoms with E-state index in [9.17, 15) is 0 Å². The van der Waals surface area contributed by atoms with Crippen LogP contribution in [0, 0.1) is 13.8 Å². The molecular formula is C11H16N4S. The summed E-state index contributed by atoms with van der Waals surface area (Å²) >= 11 is 1.51. The monoisotopic (exact) mass is 236 g/mol. The van der Waals surface area contributed by atoms with E-state index in [2.05, 4.69) is 28.6 Å². The summed E-state index contributed by atoms with van der Waals surface area (Å²) in [6.07, 6.45) is 2.92. The van der Waals surface area contributed by atoms with Crippen molar-refractivity contribution < 1.29 is 0 Å². The molecule has 0 aliphatic carbocycles. The van der Waals surface area contributed by atoms with E-state index < -0.39 is 0 Å². The highest BCUT2D eigenvalue weighted by molar-refractivity contribution is 7.18. The predicted octanol–water partition coefficient (Wildman–Crippen LogP) is 2.62. The SMILES string of the molecule is CCCn1nc(C)c(-c2cnc(N)s2)c1C. The van der Waals surface area contributed by atoms with Crippen LogP contribution in [0.3, 0.4) is 0 Å². The van der Waals surface area contributed by atoms with Gasteiger partial charge in [-0.2, -0.15) is 5.10 Å². The maximum absolute atomic E-state index is 5.66. The summed E-state index contributed by atoms with van der Waals surface area (Å²) in [6.45, 7) is 7.24. The number of aryl methyl sites for hydroxylation is 2. The topological polar surface area (TPSA) is 56.7 Å². The Morgan fingerprint density at radius 2 is 2.19 bits per heavy atom. The molecule has 2 aromatic heterocycles. The summed E-state index contributed by atoms with van der Waals surface area (Å²) in [5.41, 5.74) is 9.09. The van der Waals surface area contributed by atoms with E-state index in [0.29, 0.717) is 5.13 Å². The standard InChI is InChI=1S/C11H16N4S/c1-4-5-15-8(3)10(7(2)14-15)9-6-13-11(12)16-9/h6H,4-5H2,1-3H3,(H2,12,13). The molecule has 2 rings (SSSR count). The van der Waals surface area contributed by atoms with Crippen molar-refractivity contribution in [1.29, 1.82) is 0 Å². The molecule has 0 saturated heterocycles. The number of rotatable bonds is 3. The molecule has 0 spiro atoms. The van der Waals surface area contributed by atoms with Crippen molar-refractivity contribution in [2.75, 3.05) is 5.73 Å². The minimum atomic E-state index is 0.608. The van der Waals surface area contributed by atoms with Gasteiger partial charge in [0.15, 0.2) is 5.13 Å². The molecule has 0 atom stereocenters. The lowest BCUT2D eigenvalue weighted by Crippen LogP contribution is -2.01. The van der Waals surface area contributed by atoms with Crippen molar-refractivity contribution >= 4 is 16.5 Å². The number of hydrogen-bond acceptors (Lipinski definition) is 4. The first-order valence-electron chi connectivity index (χ1n) is 5.39. The fraction of sp³-hybridized carbons (Fsp3) is 0.455. The van der Waals surface area contributed by atoms with Gasteiger partial charge in [0, 0.05) is 24.0 Å². The van der Waals surface area contributed by atoms with Crippen molar-refractivity contribution in [1.82, 2.24) is 14.8 Å². The Bertz CT molecular complexity index is 498. The molecule has 0 amide bonds.